The molecule has 4 heteroatoms. The van der Waals surface area contributed by atoms with Gasteiger partial charge in [0.1, 0.15) is 0 Å². The largest absolute Gasteiger partial charge is 0.383 e. The number of benzene rings is 1. The lowest BCUT2D eigenvalue weighted by Crippen LogP contribution is -2.27. The van der Waals surface area contributed by atoms with Crippen LogP contribution in [0.2, 0.25) is 0 Å². The van der Waals surface area contributed by atoms with Gasteiger partial charge >= 0.3 is 0 Å². The number of carbonyl (C=O) groups is 1. The first-order chi connectivity index (χ1) is 8.81. The van der Waals surface area contributed by atoms with Crippen molar-refractivity contribution in [2.75, 3.05) is 26.8 Å². The van der Waals surface area contributed by atoms with Gasteiger partial charge in [-0.05, 0) is 22.4 Å². The average molecular weight is 263 g/mol. The summed E-state index contributed by atoms with van der Waals surface area (Å²) in [6, 6.07) is 8.20. The molecule has 0 unspecified atom stereocenters. The Morgan fingerprint density at radius 2 is 2.22 bits per heavy atom. The number of Topliss-reactive ketones (excluding diaryl/α,β-unsaturated/α-hetero) is 1. The molecule has 0 fully saturated rings. The van der Waals surface area contributed by atoms with E-state index in [1.165, 1.54) is 10.1 Å². The van der Waals surface area contributed by atoms with E-state index in [-0.39, 0.29) is 5.78 Å². The van der Waals surface area contributed by atoms with Gasteiger partial charge in [0.25, 0.3) is 0 Å². The molecule has 0 amide bonds. The van der Waals surface area contributed by atoms with Crippen molar-refractivity contribution in [3.8, 4) is 0 Å². The zero-order valence-electron chi connectivity index (χ0n) is 10.4. The summed E-state index contributed by atoms with van der Waals surface area (Å²) in [6.07, 6.45) is 0.504. The Kier molecular flexibility index (Phi) is 4.87. The van der Waals surface area contributed by atoms with E-state index in [1.54, 1.807) is 18.4 Å². The molecule has 0 atom stereocenters. The van der Waals surface area contributed by atoms with Crippen LogP contribution in [0.3, 0.4) is 0 Å². The lowest BCUT2D eigenvalue weighted by Gasteiger charge is -2.03. The SMILES string of the molecule is COCCNCC(=O)Cc1csc2ccccc12. The topological polar surface area (TPSA) is 38.3 Å². The van der Waals surface area contributed by atoms with E-state index in [1.807, 2.05) is 12.1 Å². The minimum atomic E-state index is 0.217. The number of methoxy groups -OCH3 is 1. The van der Waals surface area contributed by atoms with Crippen LogP contribution in [-0.2, 0) is 16.0 Å². The summed E-state index contributed by atoms with van der Waals surface area (Å²) in [6.45, 7) is 1.76. The number of hydrogen-bond donors (Lipinski definition) is 1. The van der Waals surface area contributed by atoms with Crippen LogP contribution in [0.15, 0.2) is 29.6 Å². The summed E-state index contributed by atoms with van der Waals surface area (Å²) in [5, 5.41) is 6.36. The highest BCUT2D eigenvalue weighted by molar-refractivity contribution is 7.17. The quantitative estimate of drug-likeness (QED) is 0.779. The summed E-state index contributed by atoms with van der Waals surface area (Å²) in [7, 11) is 1.65. The Bertz CT molecular complexity index is 521. The Hall–Kier alpha value is -1.23. The molecule has 1 N–H and O–H groups in total. The molecule has 0 aliphatic heterocycles. The van der Waals surface area contributed by atoms with Crippen LogP contribution in [0.1, 0.15) is 5.56 Å². The first kappa shape index (κ1) is 13.2. The first-order valence-corrected chi connectivity index (χ1v) is 6.85. The number of rotatable bonds is 7. The van der Waals surface area contributed by atoms with Gasteiger partial charge in [-0.15, -0.1) is 11.3 Å². The molecule has 1 aromatic heterocycles. The fraction of sp³-hybridized carbons (Fsp3) is 0.357. The van der Waals surface area contributed by atoms with Crippen molar-refractivity contribution in [3.63, 3.8) is 0 Å². The van der Waals surface area contributed by atoms with Gasteiger partial charge in [0.15, 0.2) is 5.78 Å². The van der Waals surface area contributed by atoms with Gasteiger partial charge in [0.2, 0.25) is 0 Å². The number of thiophene rings is 1. The summed E-state index contributed by atoms with van der Waals surface area (Å²) >= 11 is 1.70. The molecule has 1 heterocycles. The molecule has 0 radical (unpaired) electrons. The summed E-state index contributed by atoms with van der Waals surface area (Å²) in [4.78, 5) is 11.8. The number of nitrogens with one attached hydrogen (secondary N) is 1. The lowest BCUT2D eigenvalue weighted by molar-refractivity contribution is -0.117. The molecular formula is C14H17NO2S. The van der Waals surface area contributed by atoms with Gasteiger partial charge in [-0.2, -0.15) is 0 Å². The molecule has 96 valence electrons. The minimum absolute atomic E-state index is 0.217. The van der Waals surface area contributed by atoms with Gasteiger partial charge in [0, 0.05) is 24.8 Å². The molecule has 0 bridgehead atoms. The van der Waals surface area contributed by atoms with Gasteiger partial charge in [-0.3, -0.25) is 4.79 Å². The molecule has 1 aromatic carbocycles. The highest BCUT2D eigenvalue weighted by Gasteiger charge is 2.08. The van der Waals surface area contributed by atoms with Gasteiger partial charge in [-0.25, -0.2) is 0 Å². The van der Waals surface area contributed by atoms with Gasteiger partial charge in [-0.1, -0.05) is 18.2 Å². The molecule has 0 spiro atoms. The van der Waals surface area contributed by atoms with Crippen molar-refractivity contribution in [1.29, 1.82) is 0 Å². The maximum atomic E-state index is 11.8. The van der Waals surface area contributed by atoms with Crippen LogP contribution >= 0.6 is 11.3 Å². The number of carbonyl (C=O) groups excluding carboxylic acids is 1. The molecule has 0 saturated carbocycles. The van der Waals surface area contributed by atoms with Crippen LogP contribution in [0, 0.1) is 0 Å². The summed E-state index contributed by atoms with van der Waals surface area (Å²) < 4.78 is 6.16. The minimum Gasteiger partial charge on any atom is -0.383 e. The molecule has 3 nitrogen and oxygen atoms in total. The maximum absolute atomic E-state index is 11.8. The normalized spacial score (nSPS) is 10.9. The number of hydrogen-bond acceptors (Lipinski definition) is 4. The number of fused-ring (bicyclic) bond motifs is 1. The Morgan fingerprint density at radius 3 is 3.06 bits per heavy atom. The highest BCUT2D eigenvalue weighted by Crippen LogP contribution is 2.25. The standard InChI is InChI=1S/C14H17NO2S/c1-17-7-6-15-9-12(16)8-11-10-18-14-5-3-2-4-13(11)14/h2-5,10,15H,6-9H2,1H3. The molecule has 2 rings (SSSR count). The smallest absolute Gasteiger partial charge is 0.151 e. The van der Waals surface area contributed by atoms with E-state index in [4.69, 9.17) is 4.74 Å². The first-order valence-electron chi connectivity index (χ1n) is 5.97. The van der Waals surface area contributed by atoms with Crippen LogP contribution < -0.4 is 5.32 Å². The van der Waals surface area contributed by atoms with Crippen molar-refractivity contribution >= 4 is 27.2 Å². The van der Waals surface area contributed by atoms with Crippen molar-refractivity contribution in [2.24, 2.45) is 0 Å². The van der Waals surface area contributed by atoms with E-state index >= 15 is 0 Å². The monoisotopic (exact) mass is 263 g/mol. The van der Waals surface area contributed by atoms with E-state index in [9.17, 15) is 4.79 Å². The number of ketones is 1. The van der Waals surface area contributed by atoms with Gasteiger partial charge < -0.3 is 10.1 Å². The molecule has 0 aliphatic carbocycles. The molecule has 0 aliphatic rings. The van der Waals surface area contributed by atoms with Crippen molar-refractivity contribution in [3.05, 3.63) is 35.2 Å². The van der Waals surface area contributed by atoms with Gasteiger partial charge in [0.05, 0.1) is 13.2 Å². The lowest BCUT2D eigenvalue weighted by atomic mass is 10.1. The zero-order valence-corrected chi connectivity index (χ0v) is 11.3. The molecule has 0 saturated heterocycles. The second-order valence-corrected chi connectivity index (χ2v) is 5.05. The van der Waals surface area contributed by atoms with Crippen LogP contribution in [0.4, 0.5) is 0 Å². The molecular weight excluding hydrogens is 246 g/mol. The Morgan fingerprint density at radius 1 is 1.39 bits per heavy atom. The predicted molar refractivity (Wildman–Crippen MR) is 75.3 cm³/mol. The average Bonchev–Trinajstić information content (AvgIpc) is 2.78. The van der Waals surface area contributed by atoms with Crippen LogP contribution in [0.25, 0.3) is 10.1 Å². The Labute approximate surface area is 111 Å². The van der Waals surface area contributed by atoms with Crippen LogP contribution in [0.5, 0.6) is 0 Å². The summed E-state index contributed by atoms with van der Waals surface area (Å²) in [5.74, 6) is 0.217. The molecule has 18 heavy (non-hydrogen) atoms. The van der Waals surface area contributed by atoms with E-state index in [2.05, 4.69) is 22.8 Å². The molecule has 2 aromatic rings. The fourth-order valence-corrected chi connectivity index (χ4v) is 2.81. The highest BCUT2D eigenvalue weighted by atomic mass is 32.1. The summed E-state index contributed by atoms with van der Waals surface area (Å²) in [5.41, 5.74) is 1.13. The van der Waals surface area contributed by atoms with E-state index < -0.39 is 0 Å². The third kappa shape index (κ3) is 3.38. The second-order valence-electron chi connectivity index (χ2n) is 4.14. The van der Waals surface area contributed by atoms with Crippen molar-refractivity contribution < 1.29 is 9.53 Å². The van der Waals surface area contributed by atoms with Crippen LogP contribution in [-0.4, -0.2) is 32.6 Å². The maximum Gasteiger partial charge on any atom is 0.151 e. The third-order valence-corrected chi connectivity index (χ3v) is 3.77. The predicted octanol–water partition coefficient (Wildman–Crippen LogP) is 2.25. The second kappa shape index (κ2) is 6.64. The fourth-order valence-electron chi connectivity index (χ4n) is 1.85. The van der Waals surface area contributed by atoms with E-state index in [0.717, 1.165) is 5.56 Å². The third-order valence-electron chi connectivity index (χ3n) is 2.75. The number of ether oxygens (including phenoxy) is 1. The van der Waals surface area contributed by atoms with Crippen molar-refractivity contribution in [1.82, 2.24) is 5.32 Å². The van der Waals surface area contributed by atoms with E-state index in [0.29, 0.717) is 26.1 Å². The van der Waals surface area contributed by atoms with Crippen molar-refractivity contribution in [2.45, 2.75) is 6.42 Å². The zero-order chi connectivity index (χ0) is 12.8. The Balaban J connectivity index is 1.91.